The van der Waals surface area contributed by atoms with Gasteiger partial charge in [-0.3, -0.25) is 4.79 Å². The van der Waals surface area contributed by atoms with Gasteiger partial charge in [0.2, 0.25) is 0 Å². The van der Waals surface area contributed by atoms with E-state index in [-0.39, 0.29) is 11.6 Å². The van der Waals surface area contributed by atoms with Crippen molar-refractivity contribution < 1.29 is 13.6 Å². The molecule has 2 aromatic heterocycles. The molecular weight excluding hydrogens is 298 g/mol. The number of likely N-dealkylation sites (tertiary alicyclic amines) is 1. The van der Waals surface area contributed by atoms with Crippen LogP contribution in [0, 0.1) is 5.92 Å². The van der Waals surface area contributed by atoms with Gasteiger partial charge in [-0.05, 0) is 18.4 Å². The number of carbonyl (C=O) groups is 1. The number of halogens is 2. The van der Waals surface area contributed by atoms with E-state index >= 15 is 0 Å². The second-order valence-corrected chi connectivity index (χ2v) is 5.97. The molecule has 0 N–H and O–H groups in total. The maximum absolute atomic E-state index is 12.5. The third-order valence-electron chi connectivity index (χ3n) is 3.55. The largest absolute Gasteiger partial charge is 0.337 e. The number of hydrogen-bond acceptors (Lipinski definition) is 4. The van der Waals surface area contributed by atoms with Crippen molar-refractivity contribution in [3.63, 3.8) is 0 Å². The lowest BCUT2D eigenvalue weighted by Crippen LogP contribution is -2.29. The zero-order valence-corrected chi connectivity index (χ0v) is 12.0. The van der Waals surface area contributed by atoms with E-state index in [0.29, 0.717) is 23.7 Å². The van der Waals surface area contributed by atoms with Gasteiger partial charge in [0.05, 0.1) is 5.01 Å². The van der Waals surface area contributed by atoms with Crippen LogP contribution in [0.25, 0.3) is 0 Å². The third-order valence-corrected chi connectivity index (χ3v) is 4.35. The molecule has 0 spiro atoms. The van der Waals surface area contributed by atoms with Crippen molar-refractivity contribution in [2.45, 2.75) is 19.4 Å². The van der Waals surface area contributed by atoms with Gasteiger partial charge in [-0.2, -0.15) is 13.9 Å². The van der Waals surface area contributed by atoms with Crippen LogP contribution < -0.4 is 0 Å². The number of hydrogen-bond donors (Lipinski definition) is 0. The van der Waals surface area contributed by atoms with Crippen molar-refractivity contribution in [3.05, 3.63) is 34.5 Å². The predicted molar refractivity (Wildman–Crippen MR) is 73.3 cm³/mol. The van der Waals surface area contributed by atoms with E-state index in [1.54, 1.807) is 22.4 Å². The zero-order valence-electron chi connectivity index (χ0n) is 11.2. The van der Waals surface area contributed by atoms with Gasteiger partial charge in [0.1, 0.15) is 0 Å². The van der Waals surface area contributed by atoms with Crippen molar-refractivity contribution in [2.24, 2.45) is 5.92 Å². The smallest absolute Gasteiger partial charge is 0.333 e. The Balaban J connectivity index is 1.61. The van der Waals surface area contributed by atoms with Crippen molar-refractivity contribution in [1.29, 1.82) is 0 Å². The van der Waals surface area contributed by atoms with Crippen molar-refractivity contribution in [1.82, 2.24) is 19.7 Å². The number of thiazole rings is 1. The average molecular weight is 312 g/mol. The minimum atomic E-state index is -2.72. The highest BCUT2D eigenvalue weighted by Crippen LogP contribution is 2.23. The fourth-order valence-electron chi connectivity index (χ4n) is 2.51. The summed E-state index contributed by atoms with van der Waals surface area (Å²) in [5.41, 5.74) is 0.0743. The SMILES string of the molecule is O=C(c1ccn(C(F)F)n1)N1CCC(Cc2nccs2)C1. The summed E-state index contributed by atoms with van der Waals surface area (Å²) >= 11 is 1.61. The number of alkyl halides is 2. The predicted octanol–water partition coefficient (Wildman–Crippen LogP) is 2.44. The molecule has 0 saturated carbocycles. The first kappa shape index (κ1) is 14.1. The van der Waals surface area contributed by atoms with Gasteiger partial charge in [-0.25, -0.2) is 9.67 Å². The number of nitrogens with zero attached hydrogens (tertiary/aromatic N) is 4. The van der Waals surface area contributed by atoms with Crippen LogP contribution in [0.15, 0.2) is 23.8 Å². The van der Waals surface area contributed by atoms with Gasteiger partial charge in [0, 0.05) is 37.3 Å². The molecule has 3 rings (SSSR count). The Morgan fingerprint density at radius 1 is 1.52 bits per heavy atom. The highest BCUT2D eigenvalue weighted by molar-refractivity contribution is 7.09. The first-order chi connectivity index (χ1) is 10.1. The lowest BCUT2D eigenvalue weighted by atomic mass is 10.1. The first-order valence-corrected chi connectivity index (χ1v) is 7.52. The number of aromatic nitrogens is 3. The standard InChI is InChI=1S/C13H14F2N4OS/c14-13(15)19-5-2-10(17-19)12(20)18-4-1-9(8-18)7-11-16-3-6-21-11/h2-3,5-6,9,13H,1,4,7-8H2. The Morgan fingerprint density at radius 2 is 2.38 bits per heavy atom. The molecule has 2 aromatic rings. The third kappa shape index (κ3) is 3.10. The van der Waals surface area contributed by atoms with Crippen LogP contribution in [0.3, 0.4) is 0 Å². The van der Waals surface area contributed by atoms with E-state index in [9.17, 15) is 13.6 Å². The molecule has 5 nitrogen and oxygen atoms in total. The number of carbonyl (C=O) groups excluding carboxylic acids is 1. The van der Waals surface area contributed by atoms with Gasteiger partial charge >= 0.3 is 6.55 Å². The fourth-order valence-corrected chi connectivity index (χ4v) is 3.24. The summed E-state index contributed by atoms with van der Waals surface area (Å²) in [6.07, 6.45) is 4.66. The van der Waals surface area contributed by atoms with E-state index in [4.69, 9.17) is 0 Å². The molecule has 1 aliphatic heterocycles. The van der Waals surface area contributed by atoms with E-state index < -0.39 is 6.55 Å². The minimum absolute atomic E-state index is 0.0743. The summed E-state index contributed by atoms with van der Waals surface area (Å²) in [6.45, 7) is -1.46. The van der Waals surface area contributed by atoms with E-state index in [2.05, 4.69) is 10.1 Å². The molecule has 1 fully saturated rings. The number of rotatable bonds is 4. The van der Waals surface area contributed by atoms with Crippen molar-refractivity contribution in [3.8, 4) is 0 Å². The Hall–Kier alpha value is -1.83. The van der Waals surface area contributed by atoms with Gasteiger partial charge in [0.15, 0.2) is 5.69 Å². The van der Waals surface area contributed by atoms with Crippen LogP contribution >= 0.6 is 11.3 Å². The van der Waals surface area contributed by atoms with Crippen LogP contribution in [-0.2, 0) is 6.42 Å². The quantitative estimate of drug-likeness (QED) is 0.871. The van der Waals surface area contributed by atoms with Gasteiger partial charge in [0.25, 0.3) is 5.91 Å². The highest BCUT2D eigenvalue weighted by atomic mass is 32.1. The van der Waals surface area contributed by atoms with Crippen molar-refractivity contribution in [2.75, 3.05) is 13.1 Å². The molecule has 1 saturated heterocycles. The Morgan fingerprint density at radius 3 is 3.05 bits per heavy atom. The van der Waals surface area contributed by atoms with Crippen LogP contribution in [-0.4, -0.2) is 38.7 Å². The van der Waals surface area contributed by atoms with Gasteiger partial charge < -0.3 is 4.90 Å². The molecule has 0 bridgehead atoms. The summed E-state index contributed by atoms with van der Waals surface area (Å²) in [7, 11) is 0. The molecule has 0 aromatic carbocycles. The molecule has 21 heavy (non-hydrogen) atoms. The maximum Gasteiger partial charge on any atom is 0.333 e. The van der Waals surface area contributed by atoms with Crippen molar-refractivity contribution >= 4 is 17.2 Å². The summed E-state index contributed by atoms with van der Waals surface area (Å²) in [6, 6.07) is 1.34. The normalized spacial score (nSPS) is 18.6. The molecule has 1 unspecified atom stereocenters. The summed E-state index contributed by atoms with van der Waals surface area (Å²) in [5, 5.41) is 6.62. The van der Waals surface area contributed by atoms with E-state index in [0.717, 1.165) is 24.0 Å². The summed E-state index contributed by atoms with van der Waals surface area (Å²) in [4.78, 5) is 18.1. The molecule has 3 heterocycles. The molecule has 1 aliphatic rings. The molecular formula is C13H14F2N4OS. The number of amides is 1. The fraction of sp³-hybridized carbons (Fsp3) is 0.462. The highest BCUT2D eigenvalue weighted by Gasteiger charge is 2.29. The van der Waals surface area contributed by atoms with Crippen LogP contribution in [0.4, 0.5) is 8.78 Å². The van der Waals surface area contributed by atoms with E-state index in [1.165, 1.54) is 6.07 Å². The van der Waals surface area contributed by atoms with E-state index in [1.807, 2.05) is 5.38 Å². The topological polar surface area (TPSA) is 51.0 Å². The van der Waals surface area contributed by atoms with Crippen LogP contribution in [0.5, 0.6) is 0 Å². The first-order valence-electron chi connectivity index (χ1n) is 6.64. The molecule has 8 heteroatoms. The van der Waals surface area contributed by atoms with Gasteiger partial charge in [-0.15, -0.1) is 11.3 Å². The Labute approximate surface area is 124 Å². The second-order valence-electron chi connectivity index (χ2n) is 4.99. The average Bonchev–Trinajstić information content (AvgIpc) is 3.20. The minimum Gasteiger partial charge on any atom is -0.337 e. The van der Waals surface area contributed by atoms with Crippen LogP contribution in [0.2, 0.25) is 0 Å². The zero-order chi connectivity index (χ0) is 14.8. The van der Waals surface area contributed by atoms with Gasteiger partial charge in [-0.1, -0.05) is 0 Å². The Kier molecular flexibility index (Phi) is 3.96. The monoisotopic (exact) mass is 312 g/mol. The molecule has 112 valence electrons. The maximum atomic E-state index is 12.5. The summed E-state index contributed by atoms with van der Waals surface area (Å²) < 4.78 is 25.4. The lowest BCUT2D eigenvalue weighted by molar-refractivity contribution is 0.0553. The molecule has 0 radical (unpaired) electrons. The molecule has 0 aliphatic carbocycles. The molecule has 1 amide bonds. The summed E-state index contributed by atoms with van der Waals surface area (Å²) in [5.74, 6) is 0.0910. The second kappa shape index (κ2) is 5.88. The van der Waals surface area contributed by atoms with Crippen LogP contribution in [0.1, 0.15) is 28.5 Å². The lowest BCUT2D eigenvalue weighted by Gasteiger charge is -2.14. The Bertz CT molecular complexity index is 613. The molecule has 1 atom stereocenters.